The number of hydrogen-bond acceptors (Lipinski definition) is 4. The van der Waals surface area contributed by atoms with E-state index in [0.29, 0.717) is 5.69 Å². The van der Waals surface area contributed by atoms with E-state index in [1.165, 1.54) is 19.1 Å². The van der Waals surface area contributed by atoms with Gasteiger partial charge in [0.05, 0.1) is 4.90 Å². The van der Waals surface area contributed by atoms with Crippen molar-refractivity contribution in [2.75, 3.05) is 5.32 Å². The lowest BCUT2D eigenvalue weighted by molar-refractivity contribution is -0.126. The van der Waals surface area contributed by atoms with Gasteiger partial charge in [0, 0.05) is 24.7 Å². The predicted octanol–water partition coefficient (Wildman–Crippen LogP) is 2.74. The van der Waals surface area contributed by atoms with E-state index in [-0.39, 0.29) is 34.7 Å². The number of rotatable bonds is 6. The fourth-order valence-electron chi connectivity index (χ4n) is 3.68. The van der Waals surface area contributed by atoms with Gasteiger partial charge in [0.2, 0.25) is 21.8 Å². The zero-order valence-corrected chi connectivity index (χ0v) is 18.0. The molecule has 2 rings (SSSR count). The molecule has 1 aliphatic rings. The van der Waals surface area contributed by atoms with Crippen LogP contribution in [0.4, 0.5) is 5.69 Å². The number of hydrogen-bond donors (Lipinski definition) is 2. The molecule has 8 heteroatoms. The second kappa shape index (κ2) is 9.05. The average molecular weight is 410 g/mol. The molecule has 1 aromatic rings. The number of carbonyl (C=O) groups excluding carboxylic acids is 2. The predicted molar refractivity (Wildman–Crippen MR) is 109 cm³/mol. The molecule has 1 saturated heterocycles. The fraction of sp³-hybridized carbons (Fsp3) is 0.600. The molecule has 1 fully saturated rings. The van der Waals surface area contributed by atoms with Crippen LogP contribution in [0.25, 0.3) is 0 Å². The van der Waals surface area contributed by atoms with Gasteiger partial charge in [-0.1, -0.05) is 20.3 Å². The van der Waals surface area contributed by atoms with Crippen molar-refractivity contribution in [2.45, 2.75) is 76.9 Å². The van der Waals surface area contributed by atoms with Crippen LogP contribution in [0.15, 0.2) is 29.2 Å². The molecule has 3 atom stereocenters. The lowest BCUT2D eigenvalue weighted by Gasteiger charge is -2.37. The Balaban J connectivity index is 2.16. The molecule has 2 amide bonds. The highest BCUT2D eigenvalue weighted by Gasteiger charge is 2.35. The molecular formula is C20H31N3O4S. The number of amides is 2. The number of sulfonamides is 1. The smallest absolute Gasteiger partial charge is 0.247 e. The van der Waals surface area contributed by atoms with Gasteiger partial charge in [0.25, 0.3) is 0 Å². The molecular weight excluding hydrogens is 378 g/mol. The van der Waals surface area contributed by atoms with Crippen molar-refractivity contribution >= 4 is 27.5 Å². The molecule has 7 nitrogen and oxygen atoms in total. The van der Waals surface area contributed by atoms with Crippen LogP contribution in [0.2, 0.25) is 0 Å². The van der Waals surface area contributed by atoms with Crippen LogP contribution in [0.5, 0.6) is 0 Å². The van der Waals surface area contributed by atoms with Crippen molar-refractivity contribution in [1.29, 1.82) is 0 Å². The molecule has 0 bridgehead atoms. The van der Waals surface area contributed by atoms with Crippen molar-refractivity contribution in [3.05, 3.63) is 24.3 Å². The molecule has 0 spiro atoms. The van der Waals surface area contributed by atoms with Gasteiger partial charge in [0.15, 0.2) is 0 Å². The Morgan fingerprint density at radius 3 is 2.07 bits per heavy atom. The monoisotopic (exact) mass is 409 g/mol. The average Bonchev–Trinajstić information content (AvgIpc) is 2.59. The van der Waals surface area contributed by atoms with E-state index in [9.17, 15) is 18.0 Å². The number of carbonyl (C=O) groups is 2. The van der Waals surface area contributed by atoms with Crippen molar-refractivity contribution < 1.29 is 18.0 Å². The summed E-state index contributed by atoms with van der Waals surface area (Å²) in [5.41, 5.74) is 0.486. The zero-order valence-electron chi connectivity index (χ0n) is 17.2. The zero-order chi connectivity index (χ0) is 21.1. The Hall–Kier alpha value is -1.93. The second-order valence-electron chi connectivity index (χ2n) is 7.90. The molecule has 0 unspecified atom stereocenters. The normalized spacial score (nSPS) is 21.9. The summed E-state index contributed by atoms with van der Waals surface area (Å²) in [7, 11) is -3.59. The Bertz CT molecular complexity index is 795. The fourth-order valence-corrected chi connectivity index (χ4v) is 5.56. The first-order valence-corrected chi connectivity index (χ1v) is 11.2. The van der Waals surface area contributed by atoms with Gasteiger partial charge in [-0.2, -0.15) is 4.31 Å². The van der Waals surface area contributed by atoms with Crippen molar-refractivity contribution in [3.8, 4) is 0 Å². The number of anilines is 1. The second-order valence-corrected chi connectivity index (χ2v) is 9.74. The third-order valence-electron chi connectivity index (χ3n) is 5.12. The Morgan fingerprint density at radius 2 is 1.61 bits per heavy atom. The van der Waals surface area contributed by atoms with Gasteiger partial charge >= 0.3 is 0 Å². The maximum absolute atomic E-state index is 13.1. The van der Waals surface area contributed by atoms with E-state index in [4.69, 9.17) is 0 Å². The SMILES string of the molecule is CC(=O)N[C@@H](C(=O)Nc1ccc(S(=O)(=O)N2[C@@H](C)CCC[C@@H]2C)cc1)C(C)C. The molecule has 1 aromatic carbocycles. The van der Waals surface area contributed by atoms with Gasteiger partial charge in [-0.05, 0) is 56.9 Å². The standard InChI is InChI=1S/C20H31N3O4S/c1-13(2)19(21-16(5)24)20(25)22-17-9-11-18(12-10-17)28(26,27)23-14(3)7-6-8-15(23)4/h9-15,19H,6-8H2,1-5H3,(H,21,24)(H,22,25)/t14-,15-,19+/m0/s1. The first-order chi connectivity index (χ1) is 13.0. The van der Waals surface area contributed by atoms with E-state index >= 15 is 0 Å². The van der Waals surface area contributed by atoms with Crippen LogP contribution in [0.1, 0.15) is 53.9 Å². The summed E-state index contributed by atoms with van der Waals surface area (Å²) in [4.78, 5) is 24.0. The highest BCUT2D eigenvalue weighted by molar-refractivity contribution is 7.89. The van der Waals surface area contributed by atoms with Gasteiger partial charge in [-0.15, -0.1) is 0 Å². The molecule has 0 saturated carbocycles. The van der Waals surface area contributed by atoms with E-state index < -0.39 is 16.1 Å². The minimum absolute atomic E-state index is 0.0300. The van der Waals surface area contributed by atoms with E-state index in [1.807, 2.05) is 27.7 Å². The van der Waals surface area contributed by atoms with Gasteiger partial charge < -0.3 is 10.6 Å². The maximum atomic E-state index is 13.1. The van der Waals surface area contributed by atoms with E-state index in [0.717, 1.165) is 19.3 Å². The van der Waals surface area contributed by atoms with Crippen LogP contribution in [-0.2, 0) is 19.6 Å². The Kier molecular flexibility index (Phi) is 7.22. The first-order valence-electron chi connectivity index (χ1n) is 9.75. The van der Waals surface area contributed by atoms with E-state index in [2.05, 4.69) is 10.6 Å². The van der Waals surface area contributed by atoms with Gasteiger partial charge in [-0.3, -0.25) is 9.59 Å². The number of benzene rings is 1. The maximum Gasteiger partial charge on any atom is 0.247 e. The molecule has 2 N–H and O–H groups in total. The topological polar surface area (TPSA) is 95.6 Å². The molecule has 28 heavy (non-hydrogen) atoms. The Morgan fingerprint density at radius 1 is 1.07 bits per heavy atom. The van der Waals surface area contributed by atoms with Crippen molar-refractivity contribution in [3.63, 3.8) is 0 Å². The molecule has 1 aliphatic heterocycles. The van der Waals surface area contributed by atoms with Crippen LogP contribution in [0, 0.1) is 5.92 Å². The largest absolute Gasteiger partial charge is 0.344 e. The van der Waals surface area contributed by atoms with Gasteiger partial charge in [0.1, 0.15) is 6.04 Å². The number of piperidine rings is 1. The van der Waals surface area contributed by atoms with Crippen molar-refractivity contribution in [1.82, 2.24) is 9.62 Å². The van der Waals surface area contributed by atoms with E-state index in [1.54, 1.807) is 16.4 Å². The first kappa shape index (κ1) is 22.4. The highest BCUT2D eigenvalue weighted by atomic mass is 32.2. The van der Waals surface area contributed by atoms with Crippen LogP contribution in [0.3, 0.4) is 0 Å². The van der Waals surface area contributed by atoms with Crippen molar-refractivity contribution in [2.24, 2.45) is 5.92 Å². The lowest BCUT2D eigenvalue weighted by Crippen LogP contribution is -2.47. The third kappa shape index (κ3) is 5.11. The minimum Gasteiger partial charge on any atom is -0.344 e. The summed E-state index contributed by atoms with van der Waals surface area (Å²) in [6, 6.07) is 5.47. The molecule has 0 radical (unpaired) electrons. The molecule has 156 valence electrons. The summed E-state index contributed by atoms with van der Waals surface area (Å²) in [6.45, 7) is 8.93. The summed E-state index contributed by atoms with van der Waals surface area (Å²) in [5.74, 6) is -0.690. The summed E-state index contributed by atoms with van der Waals surface area (Å²) >= 11 is 0. The third-order valence-corrected chi connectivity index (χ3v) is 7.26. The summed E-state index contributed by atoms with van der Waals surface area (Å²) < 4.78 is 27.7. The minimum atomic E-state index is -3.59. The van der Waals surface area contributed by atoms with Crippen LogP contribution >= 0.6 is 0 Å². The summed E-state index contributed by atoms with van der Waals surface area (Å²) in [6.07, 6.45) is 2.75. The molecule has 0 aromatic heterocycles. The molecule has 1 heterocycles. The number of nitrogens with zero attached hydrogens (tertiary/aromatic N) is 1. The highest BCUT2D eigenvalue weighted by Crippen LogP contribution is 2.30. The van der Waals surface area contributed by atoms with Crippen LogP contribution < -0.4 is 10.6 Å². The Labute approximate surface area is 167 Å². The van der Waals surface area contributed by atoms with Crippen LogP contribution in [-0.4, -0.2) is 42.7 Å². The quantitative estimate of drug-likeness (QED) is 0.755. The molecule has 0 aliphatic carbocycles. The van der Waals surface area contributed by atoms with Gasteiger partial charge in [-0.25, -0.2) is 8.42 Å². The number of nitrogens with one attached hydrogen (secondary N) is 2. The lowest BCUT2D eigenvalue weighted by atomic mass is 10.0. The summed E-state index contributed by atoms with van der Waals surface area (Å²) in [5, 5.41) is 5.38.